The zero-order valence-electron chi connectivity index (χ0n) is 22.0. The van der Waals surface area contributed by atoms with Gasteiger partial charge in [-0.1, -0.05) is 77.0 Å². The third kappa shape index (κ3) is 24.8. The van der Waals surface area contributed by atoms with Crippen molar-refractivity contribution in [1.82, 2.24) is 10.8 Å². The van der Waals surface area contributed by atoms with Gasteiger partial charge in [0.2, 0.25) is 11.8 Å². The summed E-state index contributed by atoms with van der Waals surface area (Å²) in [5.41, 5.74) is 2.12. The molecule has 1 atom stereocenters. The smallest absolute Gasteiger partial charge is 0.326 e. The SMILES string of the molecule is O=COCCONC(=O)CC[C@H](NC(=O)CCCCCCCCCCCCCCCCC(=O)O)C(=O)O. The molecule has 0 aliphatic heterocycles. The van der Waals surface area contributed by atoms with Gasteiger partial charge in [-0.2, -0.15) is 0 Å². The summed E-state index contributed by atoms with van der Waals surface area (Å²) in [6.45, 7) is 0.219. The molecule has 37 heavy (non-hydrogen) atoms. The normalized spacial score (nSPS) is 11.5. The van der Waals surface area contributed by atoms with Crippen LogP contribution in [0.3, 0.4) is 0 Å². The van der Waals surface area contributed by atoms with Gasteiger partial charge in [0.1, 0.15) is 19.3 Å². The van der Waals surface area contributed by atoms with Crippen molar-refractivity contribution in [1.29, 1.82) is 0 Å². The van der Waals surface area contributed by atoms with Gasteiger partial charge in [-0.05, 0) is 19.3 Å². The molecule has 0 rings (SSSR count). The van der Waals surface area contributed by atoms with E-state index in [0.717, 1.165) is 38.5 Å². The first-order valence-electron chi connectivity index (χ1n) is 13.6. The maximum atomic E-state index is 12.1. The van der Waals surface area contributed by atoms with Gasteiger partial charge in [0.25, 0.3) is 6.47 Å². The van der Waals surface area contributed by atoms with Gasteiger partial charge < -0.3 is 20.3 Å². The summed E-state index contributed by atoms with van der Waals surface area (Å²) >= 11 is 0. The Morgan fingerprint density at radius 2 is 1.14 bits per heavy atom. The fraction of sp³-hybridized carbons (Fsp3) is 0.808. The number of amides is 2. The number of ether oxygens (including phenoxy) is 1. The molecule has 0 spiro atoms. The molecule has 2 amide bonds. The van der Waals surface area contributed by atoms with E-state index in [-0.39, 0.29) is 51.3 Å². The Hall–Kier alpha value is -2.69. The van der Waals surface area contributed by atoms with Crippen LogP contribution in [0.1, 0.15) is 116 Å². The van der Waals surface area contributed by atoms with Crippen LogP contribution < -0.4 is 10.8 Å². The van der Waals surface area contributed by atoms with Crippen molar-refractivity contribution in [3.8, 4) is 0 Å². The Labute approximate surface area is 220 Å². The third-order valence-corrected chi connectivity index (χ3v) is 5.90. The van der Waals surface area contributed by atoms with Crippen LogP contribution in [0.2, 0.25) is 0 Å². The molecule has 0 aliphatic carbocycles. The highest BCUT2D eigenvalue weighted by Crippen LogP contribution is 2.14. The molecular formula is C26H46N2O9. The van der Waals surface area contributed by atoms with Crippen LogP contribution in [0.15, 0.2) is 0 Å². The van der Waals surface area contributed by atoms with Gasteiger partial charge in [-0.25, -0.2) is 10.3 Å². The molecular weight excluding hydrogens is 484 g/mol. The van der Waals surface area contributed by atoms with Crippen LogP contribution in [-0.4, -0.2) is 59.7 Å². The van der Waals surface area contributed by atoms with Gasteiger partial charge in [0, 0.05) is 19.3 Å². The predicted octanol–water partition coefficient (Wildman–Crippen LogP) is 3.88. The number of nitrogens with one attached hydrogen (secondary N) is 2. The fourth-order valence-electron chi connectivity index (χ4n) is 3.80. The average molecular weight is 531 g/mol. The van der Waals surface area contributed by atoms with E-state index in [2.05, 4.69) is 15.5 Å². The molecule has 214 valence electrons. The highest BCUT2D eigenvalue weighted by molar-refractivity contribution is 5.84. The van der Waals surface area contributed by atoms with E-state index < -0.39 is 23.9 Å². The zero-order valence-corrected chi connectivity index (χ0v) is 22.0. The summed E-state index contributed by atoms with van der Waals surface area (Å²) < 4.78 is 4.39. The van der Waals surface area contributed by atoms with Crippen molar-refractivity contribution < 1.29 is 43.8 Å². The lowest BCUT2D eigenvalue weighted by Gasteiger charge is -2.14. The number of hydrogen-bond donors (Lipinski definition) is 4. The Morgan fingerprint density at radius 1 is 0.649 bits per heavy atom. The van der Waals surface area contributed by atoms with Crippen molar-refractivity contribution in [2.45, 2.75) is 122 Å². The first kappa shape index (κ1) is 34.3. The van der Waals surface area contributed by atoms with Crippen LogP contribution in [0, 0.1) is 0 Å². The van der Waals surface area contributed by atoms with Crippen LogP contribution >= 0.6 is 0 Å². The molecule has 0 saturated carbocycles. The van der Waals surface area contributed by atoms with Crippen LogP contribution in [-0.2, 0) is 33.5 Å². The zero-order chi connectivity index (χ0) is 27.6. The first-order valence-corrected chi connectivity index (χ1v) is 13.6. The molecule has 0 fully saturated rings. The van der Waals surface area contributed by atoms with Crippen LogP contribution in [0.25, 0.3) is 0 Å². The molecule has 0 aliphatic rings. The minimum absolute atomic E-state index is 0.0154. The number of rotatable bonds is 27. The predicted molar refractivity (Wildman–Crippen MR) is 136 cm³/mol. The maximum Gasteiger partial charge on any atom is 0.326 e. The van der Waals surface area contributed by atoms with Gasteiger partial charge in [0.05, 0.1) is 0 Å². The largest absolute Gasteiger partial charge is 0.481 e. The number of hydroxylamine groups is 1. The average Bonchev–Trinajstić information content (AvgIpc) is 2.85. The van der Waals surface area contributed by atoms with Gasteiger partial charge in [-0.15, -0.1) is 0 Å². The highest BCUT2D eigenvalue weighted by Gasteiger charge is 2.20. The van der Waals surface area contributed by atoms with E-state index in [1.165, 1.54) is 44.9 Å². The molecule has 0 aromatic heterocycles. The number of aliphatic carboxylic acids is 2. The fourth-order valence-corrected chi connectivity index (χ4v) is 3.80. The minimum Gasteiger partial charge on any atom is -0.481 e. The highest BCUT2D eigenvalue weighted by atomic mass is 16.7. The number of carboxylic acids is 2. The molecule has 11 heteroatoms. The second-order valence-electron chi connectivity index (χ2n) is 9.18. The molecule has 4 N–H and O–H groups in total. The van der Waals surface area contributed by atoms with Gasteiger partial charge in [0.15, 0.2) is 0 Å². The Balaban J connectivity index is 3.62. The minimum atomic E-state index is -1.20. The Kier molecular flexibility index (Phi) is 23.2. The van der Waals surface area contributed by atoms with E-state index in [0.29, 0.717) is 6.42 Å². The van der Waals surface area contributed by atoms with Crippen molar-refractivity contribution in [2.75, 3.05) is 13.2 Å². The third-order valence-electron chi connectivity index (χ3n) is 5.90. The van der Waals surface area contributed by atoms with E-state index in [1.807, 2.05) is 0 Å². The summed E-state index contributed by atoms with van der Waals surface area (Å²) in [7, 11) is 0. The Bertz CT molecular complexity index is 644. The molecule has 0 aromatic rings. The monoisotopic (exact) mass is 530 g/mol. The van der Waals surface area contributed by atoms with E-state index in [9.17, 15) is 29.1 Å². The number of carboxylic acid groups (broad SMARTS) is 2. The lowest BCUT2D eigenvalue weighted by Crippen LogP contribution is -2.41. The standard InChI is InChI=1S/C26H46N2O9/c29-21-36-19-20-37-28-24(31)18-17-22(26(34)35)27-23(30)15-13-11-9-7-5-3-1-2-4-6-8-10-12-14-16-25(32)33/h21-22H,1-20H2,(H,27,30)(H,28,31)(H,32,33)(H,34,35)/t22-/m0/s1. The summed E-state index contributed by atoms with van der Waals surface area (Å²) in [6, 6.07) is -1.14. The molecule has 0 radical (unpaired) electrons. The Morgan fingerprint density at radius 3 is 1.59 bits per heavy atom. The van der Waals surface area contributed by atoms with E-state index in [1.54, 1.807) is 0 Å². The molecule has 11 nitrogen and oxygen atoms in total. The molecule has 0 aromatic carbocycles. The second-order valence-corrected chi connectivity index (χ2v) is 9.18. The number of unbranched alkanes of at least 4 members (excludes halogenated alkanes) is 13. The molecule has 0 heterocycles. The van der Waals surface area contributed by atoms with Gasteiger partial charge in [-0.3, -0.25) is 24.0 Å². The number of hydrogen-bond acceptors (Lipinski definition) is 7. The topological polar surface area (TPSA) is 168 Å². The van der Waals surface area contributed by atoms with Crippen molar-refractivity contribution in [3.63, 3.8) is 0 Å². The summed E-state index contributed by atoms with van der Waals surface area (Å²) in [5, 5.41) is 20.3. The lowest BCUT2D eigenvalue weighted by atomic mass is 10.0. The van der Waals surface area contributed by atoms with Crippen molar-refractivity contribution in [2.24, 2.45) is 0 Å². The van der Waals surface area contributed by atoms with Crippen LogP contribution in [0.4, 0.5) is 0 Å². The molecule has 0 saturated heterocycles. The maximum absolute atomic E-state index is 12.1. The lowest BCUT2D eigenvalue weighted by molar-refractivity contribution is -0.143. The summed E-state index contributed by atoms with van der Waals surface area (Å²) in [5.74, 6) is -2.77. The van der Waals surface area contributed by atoms with Crippen molar-refractivity contribution >= 4 is 30.2 Å². The van der Waals surface area contributed by atoms with Crippen LogP contribution in [0.5, 0.6) is 0 Å². The quantitative estimate of drug-likeness (QED) is 0.0699. The van der Waals surface area contributed by atoms with E-state index >= 15 is 0 Å². The second kappa shape index (κ2) is 25.0. The molecule has 0 unspecified atom stereocenters. The summed E-state index contributed by atoms with van der Waals surface area (Å²) in [4.78, 5) is 60.3. The number of carbonyl (C=O) groups excluding carboxylic acids is 3. The number of carbonyl (C=O) groups is 5. The first-order chi connectivity index (χ1) is 17.9. The van der Waals surface area contributed by atoms with Crippen molar-refractivity contribution in [3.05, 3.63) is 0 Å². The van der Waals surface area contributed by atoms with E-state index in [4.69, 9.17) is 9.94 Å². The summed E-state index contributed by atoms with van der Waals surface area (Å²) in [6.07, 6.45) is 15.5. The van der Waals surface area contributed by atoms with Gasteiger partial charge >= 0.3 is 11.9 Å². The molecule has 0 bridgehead atoms.